The van der Waals surface area contributed by atoms with Crippen LogP contribution in [0.15, 0.2) is 64.4 Å². The summed E-state index contributed by atoms with van der Waals surface area (Å²) in [5.74, 6) is -0.0876. The summed E-state index contributed by atoms with van der Waals surface area (Å²) in [7, 11) is -7.31. The van der Waals surface area contributed by atoms with E-state index in [9.17, 15) is 16.8 Å². The summed E-state index contributed by atoms with van der Waals surface area (Å²) < 4.78 is 61.5. The van der Waals surface area contributed by atoms with Gasteiger partial charge in [0.2, 0.25) is 0 Å². The first kappa shape index (κ1) is 24.8. The zero-order valence-corrected chi connectivity index (χ0v) is 20.7. The van der Waals surface area contributed by atoms with E-state index in [2.05, 4.69) is 9.44 Å². The number of sulfonamides is 2. The van der Waals surface area contributed by atoms with Crippen molar-refractivity contribution in [2.75, 3.05) is 16.6 Å². The van der Waals surface area contributed by atoms with Crippen molar-refractivity contribution in [3.8, 4) is 5.75 Å². The smallest absolute Gasteiger partial charge is 0.265 e. The number of anilines is 2. The minimum Gasteiger partial charge on any atom is -0.495 e. The lowest BCUT2D eigenvalue weighted by atomic mass is 10.3. The van der Waals surface area contributed by atoms with Crippen LogP contribution < -0.4 is 14.2 Å². The minimum absolute atomic E-state index is 0.0123. The van der Waals surface area contributed by atoms with Crippen LogP contribution in [0.5, 0.6) is 5.75 Å². The van der Waals surface area contributed by atoms with Gasteiger partial charge in [-0.3, -0.25) is 9.44 Å². The zero-order chi connectivity index (χ0) is 23.7. The molecule has 0 aromatic heterocycles. The average Bonchev–Trinajstić information content (AvgIpc) is 2.72. The van der Waals surface area contributed by atoms with Gasteiger partial charge in [0.25, 0.3) is 20.0 Å². The third kappa shape index (κ3) is 5.54. The molecule has 0 atom stereocenters. The molecular weight excluding hydrogens is 542 g/mol. The van der Waals surface area contributed by atoms with Gasteiger partial charge in [0.1, 0.15) is 10.6 Å². The Balaban J connectivity index is 2.04. The fourth-order valence-corrected chi connectivity index (χ4v) is 5.81. The SMILES string of the molecule is COc1ccc(S(=O)(=O)Nc2cc(Cl)ccc2Cl)cc1S(=O)(=O)Nc1cc(Cl)ccc1Cl. The van der Waals surface area contributed by atoms with Gasteiger partial charge in [-0.1, -0.05) is 46.4 Å². The predicted molar refractivity (Wildman–Crippen MR) is 128 cm³/mol. The summed E-state index contributed by atoms with van der Waals surface area (Å²) in [6.45, 7) is 0. The van der Waals surface area contributed by atoms with Crippen molar-refractivity contribution < 1.29 is 21.6 Å². The van der Waals surface area contributed by atoms with Crippen LogP contribution in [0.4, 0.5) is 11.4 Å². The van der Waals surface area contributed by atoms with Gasteiger partial charge in [-0.25, -0.2) is 16.8 Å². The molecule has 0 heterocycles. The number of hydrogen-bond acceptors (Lipinski definition) is 5. The van der Waals surface area contributed by atoms with E-state index < -0.39 is 24.9 Å². The van der Waals surface area contributed by atoms with Gasteiger partial charge in [0.15, 0.2) is 0 Å². The van der Waals surface area contributed by atoms with Crippen LogP contribution in [-0.2, 0) is 20.0 Å². The van der Waals surface area contributed by atoms with Crippen LogP contribution in [-0.4, -0.2) is 23.9 Å². The Hall–Kier alpha value is -1.88. The first-order valence-corrected chi connectivity index (χ1v) is 13.0. The number of rotatable bonds is 7. The van der Waals surface area contributed by atoms with Crippen molar-refractivity contribution in [2.24, 2.45) is 0 Å². The van der Waals surface area contributed by atoms with Crippen LogP contribution in [0.25, 0.3) is 0 Å². The Morgan fingerprint density at radius 2 is 1.19 bits per heavy atom. The van der Waals surface area contributed by atoms with Crippen molar-refractivity contribution in [3.63, 3.8) is 0 Å². The highest BCUT2D eigenvalue weighted by molar-refractivity contribution is 7.93. The predicted octanol–water partition coefficient (Wildman–Crippen LogP) is 5.91. The molecule has 13 heteroatoms. The molecule has 2 N–H and O–H groups in total. The number of ether oxygens (including phenoxy) is 1. The Morgan fingerprint density at radius 1 is 0.688 bits per heavy atom. The fourth-order valence-electron chi connectivity index (χ4n) is 2.59. The summed E-state index contributed by atoms with van der Waals surface area (Å²) in [5.41, 5.74) is 0.0431. The largest absolute Gasteiger partial charge is 0.495 e. The minimum atomic E-state index is -4.32. The van der Waals surface area contributed by atoms with Crippen molar-refractivity contribution in [2.45, 2.75) is 9.79 Å². The molecule has 0 radical (unpaired) electrons. The van der Waals surface area contributed by atoms with Crippen LogP contribution in [0, 0.1) is 0 Å². The molecule has 3 rings (SSSR count). The zero-order valence-electron chi connectivity index (χ0n) is 16.1. The van der Waals surface area contributed by atoms with Gasteiger partial charge >= 0.3 is 0 Å². The van der Waals surface area contributed by atoms with Crippen molar-refractivity contribution in [3.05, 3.63) is 74.7 Å². The standard InChI is InChI=1S/C19H14Cl4N2O5S2/c1-30-18-7-4-13(31(26,27)24-16-8-11(20)2-5-14(16)22)10-19(18)32(28,29)25-17-9-12(21)3-6-15(17)23/h2-10,24-25H,1H3. The first-order chi connectivity index (χ1) is 14.9. The highest BCUT2D eigenvalue weighted by Gasteiger charge is 2.25. The fraction of sp³-hybridized carbons (Fsp3) is 0.0526. The lowest BCUT2D eigenvalue weighted by Crippen LogP contribution is -2.17. The molecule has 0 amide bonds. The Bertz CT molecular complexity index is 1400. The lowest BCUT2D eigenvalue weighted by Gasteiger charge is -2.15. The Morgan fingerprint density at radius 3 is 1.69 bits per heavy atom. The average molecular weight is 556 g/mol. The molecule has 0 aliphatic carbocycles. The van der Waals surface area contributed by atoms with Crippen LogP contribution >= 0.6 is 46.4 Å². The molecule has 170 valence electrons. The van der Waals surface area contributed by atoms with Crippen LogP contribution in [0.2, 0.25) is 20.1 Å². The second-order valence-electron chi connectivity index (χ2n) is 6.27. The summed E-state index contributed by atoms with van der Waals surface area (Å²) in [5, 5.41) is 0.709. The topological polar surface area (TPSA) is 102 Å². The quantitative estimate of drug-likeness (QED) is 0.377. The molecule has 32 heavy (non-hydrogen) atoms. The number of hydrogen-bond donors (Lipinski definition) is 2. The van der Waals surface area contributed by atoms with Gasteiger partial charge < -0.3 is 4.74 Å². The number of benzene rings is 3. The van der Waals surface area contributed by atoms with Gasteiger partial charge in [0.05, 0.1) is 33.4 Å². The van der Waals surface area contributed by atoms with E-state index in [-0.39, 0.29) is 42.1 Å². The molecule has 3 aromatic carbocycles. The highest BCUT2D eigenvalue weighted by Crippen LogP contribution is 2.33. The summed E-state index contributed by atoms with van der Waals surface area (Å²) in [6.07, 6.45) is 0. The van der Waals surface area contributed by atoms with Crippen LogP contribution in [0.1, 0.15) is 0 Å². The normalized spacial score (nSPS) is 11.8. The van der Waals surface area contributed by atoms with Crippen molar-refractivity contribution in [1.82, 2.24) is 0 Å². The maximum absolute atomic E-state index is 13.0. The molecule has 3 aromatic rings. The Labute approximate surface area is 205 Å². The van der Waals surface area contributed by atoms with E-state index in [4.69, 9.17) is 51.1 Å². The highest BCUT2D eigenvalue weighted by atomic mass is 35.5. The maximum atomic E-state index is 13.0. The number of methoxy groups -OCH3 is 1. The molecule has 7 nitrogen and oxygen atoms in total. The number of halogens is 4. The van der Waals surface area contributed by atoms with Gasteiger partial charge in [-0.15, -0.1) is 0 Å². The second kappa shape index (κ2) is 9.54. The van der Waals surface area contributed by atoms with Gasteiger partial charge in [-0.2, -0.15) is 0 Å². The van der Waals surface area contributed by atoms with Gasteiger partial charge in [0, 0.05) is 10.0 Å². The molecular formula is C19H14Cl4N2O5S2. The molecule has 0 saturated heterocycles. The van der Waals surface area contributed by atoms with Gasteiger partial charge in [-0.05, 0) is 54.6 Å². The molecule has 0 aliphatic heterocycles. The molecule has 0 fully saturated rings. The summed E-state index contributed by atoms with van der Waals surface area (Å²) in [6, 6.07) is 11.8. The Kier molecular flexibility index (Phi) is 7.38. The van der Waals surface area contributed by atoms with Crippen molar-refractivity contribution >= 4 is 77.8 Å². The lowest BCUT2D eigenvalue weighted by molar-refractivity contribution is 0.402. The summed E-state index contributed by atoms with van der Waals surface area (Å²) >= 11 is 23.9. The number of nitrogens with one attached hydrogen (secondary N) is 2. The molecule has 0 unspecified atom stereocenters. The maximum Gasteiger partial charge on any atom is 0.265 e. The molecule has 0 saturated carbocycles. The van der Waals surface area contributed by atoms with E-state index in [1.807, 2.05) is 0 Å². The summed E-state index contributed by atoms with van der Waals surface area (Å²) in [4.78, 5) is -0.789. The molecule has 0 bridgehead atoms. The molecule has 0 aliphatic rings. The monoisotopic (exact) mass is 554 g/mol. The third-order valence-corrected chi connectivity index (χ3v) is 7.96. The van der Waals surface area contributed by atoms with E-state index >= 15 is 0 Å². The van der Waals surface area contributed by atoms with E-state index in [1.165, 1.54) is 55.6 Å². The van der Waals surface area contributed by atoms with Crippen molar-refractivity contribution in [1.29, 1.82) is 0 Å². The van der Waals surface area contributed by atoms with E-state index in [0.29, 0.717) is 0 Å². The molecule has 0 spiro atoms. The first-order valence-electron chi connectivity index (χ1n) is 8.57. The third-order valence-electron chi connectivity index (χ3n) is 4.08. The second-order valence-corrected chi connectivity index (χ2v) is 11.3. The van der Waals surface area contributed by atoms with E-state index in [1.54, 1.807) is 0 Å². The van der Waals surface area contributed by atoms with Crippen LogP contribution in [0.3, 0.4) is 0 Å². The van der Waals surface area contributed by atoms with E-state index in [0.717, 1.165) is 6.07 Å².